The summed E-state index contributed by atoms with van der Waals surface area (Å²) in [5.41, 5.74) is 18.2. The summed E-state index contributed by atoms with van der Waals surface area (Å²) in [6, 6.07) is 82.3. The van der Waals surface area contributed by atoms with Crippen LogP contribution in [0.15, 0.2) is 235 Å². The van der Waals surface area contributed by atoms with Crippen LogP contribution in [0.25, 0.3) is 89.2 Å². The fourth-order valence-electron chi connectivity index (χ4n) is 9.76. The average Bonchev–Trinajstić information content (AvgIpc) is 3.88. The summed E-state index contributed by atoms with van der Waals surface area (Å²) in [4.78, 5) is 10.4. The van der Waals surface area contributed by atoms with Crippen molar-refractivity contribution in [2.75, 3.05) is 0 Å². The third-order valence-electron chi connectivity index (χ3n) is 12.6. The highest BCUT2D eigenvalue weighted by Crippen LogP contribution is 2.56. The maximum absolute atomic E-state index is 6.32. The van der Waals surface area contributed by atoms with Crippen molar-refractivity contribution in [2.45, 2.75) is 5.41 Å². The Hall–Kier alpha value is -8.14. The standard InChI is InChI=1S/C59H38N2O/c1-4-16-41(17-5-1)58-60-54(38-55(61-58)49-24-11-10-22-46(49)43-33-35-51-50-25-13-15-27-56(50)62-57(51)37-43)40-30-28-39(29-31-40)42-32-34-48-47-23-12-14-26-52(47)59(53(48)36-42,44-18-6-2-7-19-44)45-20-8-3-9-21-45/h1-38H. The highest BCUT2D eigenvalue weighted by atomic mass is 16.3. The van der Waals surface area contributed by atoms with Crippen molar-refractivity contribution in [3.05, 3.63) is 253 Å². The van der Waals surface area contributed by atoms with Crippen molar-refractivity contribution in [1.29, 1.82) is 0 Å². The van der Waals surface area contributed by atoms with Gasteiger partial charge in [0.2, 0.25) is 0 Å². The van der Waals surface area contributed by atoms with Gasteiger partial charge in [0.25, 0.3) is 0 Å². The van der Waals surface area contributed by atoms with E-state index < -0.39 is 5.41 Å². The van der Waals surface area contributed by atoms with Crippen molar-refractivity contribution < 1.29 is 4.42 Å². The van der Waals surface area contributed by atoms with E-state index in [1.54, 1.807) is 0 Å². The van der Waals surface area contributed by atoms with E-state index in [4.69, 9.17) is 14.4 Å². The summed E-state index contributed by atoms with van der Waals surface area (Å²) >= 11 is 0. The number of fused-ring (bicyclic) bond motifs is 6. The van der Waals surface area contributed by atoms with Crippen LogP contribution in [0.3, 0.4) is 0 Å². The third-order valence-corrected chi connectivity index (χ3v) is 12.6. The lowest BCUT2D eigenvalue weighted by Crippen LogP contribution is -2.28. The lowest BCUT2D eigenvalue weighted by atomic mass is 9.67. The van der Waals surface area contributed by atoms with Crippen LogP contribution in [0.5, 0.6) is 0 Å². The van der Waals surface area contributed by atoms with Gasteiger partial charge in [0.15, 0.2) is 5.82 Å². The lowest BCUT2D eigenvalue weighted by molar-refractivity contribution is 0.669. The molecule has 3 heteroatoms. The van der Waals surface area contributed by atoms with Gasteiger partial charge in [-0.1, -0.05) is 200 Å². The molecule has 0 bridgehead atoms. The number of aromatic nitrogens is 2. The third kappa shape index (κ3) is 5.74. The zero-order chi connectivity index (χ0) is 41.0. The zero-order valence-electron chi connectivity index (χ0n) is 33.7. The van der Waals surface area contributed by atoms with Crippen molar-refractivity contribution in [2.24, 2.45) is 0 Å². The number of hydrogen-bond acceptors (Lipinski definition) is 3. The van der Waals surface area contributed by atoms with Crippen LogP contribution in [-0.2, 0) is 5.41 Å². The number of furan rings is 1. The van der Waals surface area contributed by atoms with E-state index in [2.05, 4.69) is 200 Å². The van der Waals surface area contributed by atoms with Gasteiger partial charge in [0.1, 0.15) is 11.2 Å². The van der Waals surface area contributed by atoms with Crippen LogP contribution in [0.2, 0.25) is 0 Å². The molecular formula is C59H38N2O. The Labute approximate surface area is 360 Å². The normalized spacial score (nSPS) is 12.6. The first kappa shape index (κ1) is 35.8. The molecule has 1 aliphatic rings. The van der Waals surface area contributed by atoms with Gasteiger partial charge in [-0.15, -0.1) is 0 Å². The number of rotatable bonds is 7. The van der Waals surface area contributed by atoms with Crippen molar-refractivity contribution in [3.8, 4) is 67.3 Å². The number of benzene rings is 9. The quantitative estimate of drug-likeness (QED) is 0.161. The van der Waals surface area contributed by atoms with E-state index in [1.165, 1.54) is 38.9 Å². The van der Waals surface area contributed by atoms with Crippen molar-refractivity contribution in [1.82, 2.24) is 9.97 Å². The molecule has 0 aliphatic heterocycles. The lowest BCUT2D eigenvalue weighted by Gasteiger charge is -2.34. The van der Waals surface area contributed by atoms with Gasteiger partial charge < -0.3 is 4.42 Å². The van der Waals surface area contributed by atoms with E-state index in [0.717, 1.165) is 66.7 Å². The van der Waals surface area contributed by atoms with Gasteiger partial charge >= 0.3 is 0 Å². The maximum Gasteiger partial charge on any atom is 0.160 e. The Morgan fingerprint density at radius 1 is 0.306 bits per heavy atom. The Bertz CT molecular complexity index is 3400. The minimum Gasteiger partial charge on any atom is -0.456 e. The molecule has 0 saturated carbocycles. The molecule has 9 aromatic carbocycles. The monoisotopic (exact) mass is 790 g/mol. The average molecular weight is 791 g/mol. The molecule has 0 unspecified atom stereocenters. The van der Waals surface area contributed by atoms with Crippen LogP contribution >= 0.6 is 0 Å². The predicted molar refractivity (Wildman–Crippen MR) is 254 cm³/mol. The molecule has 2 aromatic heterocycles. The fourth-order valence-corrected chi connectivity index (χ4v) is 9.76. The number of nitrogens with zero attached hydrogens (tertiary/aromatic N) is 2. The summed E-state index contributed by atoms with van der Waals surface area (Å²) in [6.07, 6.45) is 0. The second-order valence-corrected chi connectivity index (χ2v) is 16.0. The first-order valence-electron chi connectivity index (χ1n) is 21.1. The number of hydrogen-bond donors (Lipinski definition) is 0. The van der Waals surface area contributed by atoms with Crippen LogP contribution in [0.4, 0.5) is 0 Å². The Morgan fingerprint density at radius 3 is 1.61 bits per heavy atom. The van der Waals surface area contributed by atoms with Crippen LogP contribution < -0.4 is 0 Å². The van der Waals surface area contributed by atoms with Crippen molar-refractivity contribution >= 4 is 21.9 Å². The van der Waals surface area contributed by atoms with Gasteiger partial charge in [0.05, 0.1) is 16.8 Å². The predicted octanol–water partition coefficient (Wildman–Crippen LogP) is 15.1. The first-order valence-corrected chi connectivity index (χ1v) is 21.1. The van der Waals surface area contributed by atoms with E-state index in [-0.39, 0.29) is 0 Å². The largest absolute Gasteiger partial charge is 0.456 e. The molecule has 0 spiro atoms. The van der Waals surface area contributed by atoms with Crippen LogP contribution in [0, 0.1) is 0 Å². The topological polar surface area (TPSA) is 38.9 Å². The molecule has 0 saturated heterocycles. The summed E-state index contributed by atoms with van der Waals surface area (Å²) < 4.78 is 6.32. The molecule has 290 valence electrons. The van der Waals surface area contributed by atoms with Crippen LogP contribution in [0.1, 0.15) is 22.3 Å². The molecule has 0 radical (unpaired) electrons. The van der Waals surface area contributed by atoms with E-state index in [0.29, 0.717) is 5.82 Å². The summed E-state index contributed by atoms with van der Waals surface area (Å²) in [5.74, 6) is 0.682. The van der Waals surface area contributed by atoms with E-state index >= 15 is 0 Å². The summed E-state index contributed by atoms with van der Waals surface area (Å²) in [6.45, 7) is 0. The number of para-hydroxylation sites is 1. The van der Waals surface area contributed by atoms with E-state index in [1.807, 2.05) is 30.3 Å². The molecular weight excluding hydrogens is 753 g/mol. The van der Waals surface area contributed by atoms with Crippen LogP contribution in [-0.4, -0.2) is 9.97 Å². The molecule has 62 heavy (non-hydrogen) atoms. The Balaban J connectivity index is 0.966. The van der Waals surface area contributed by atoms with Gasteiger partial charge in [-0.25, -0.2) is 9.97 Å². The molecule has 2 heterocycles. The highest BCUT2D eigenvalue weighted by molar-refractivity contribution is 6.06. The molecule has 0 N–H and O–H groups in total. The second-order valence-electron chi connectivity index (χ2n) is 16.0. The molecule has 11 aromatic rings. The minimum absolute atomic E-state index is 0.455. The molecule has 12 rings (SSSR count). The first-order chi connectivity index (χ1) is 30.7. The molecule has 3 nitrogen and oxygen atoms in total. The minimum atomic E-state index is -0.455. The second kappa shape index (κ2) is 14.5. The summed E-state index contributed by atoms with van der Waals surface area (Å²) in [7, 11) is 0. The summed E-state index contributed by atoms with van der Waals surface area (Å²) in [5, 5.41) is 2.23. The smallest absolute Gasteiger partial charge is 0.160 e. The zero-order valence-corrected chi connectivity index (χ0v) is 33.7. The SMILES string of the molecule is c1ccc(-c2nc(-c3ccc(-c4ccc5c(c4)C(c4ccccc4)(c4ccccc4)c4ccccc4-5)cc3)cc(-c3ccccc3-c3ccc4c(c3)oc3ccccc34)n2)cc1. The van der Waals surface area contributed by atoms with Gasteiger partial charge in [-0.05, 0) is 86.0 Å². The molecule has 0 amide bonds. The van der Waals surface area contributed by atoms with Gasteiger partial charge in [0, 0.05) is 27.5 Å². The molecule has 0 fully saturated rings. The van der Waals surface area contributed by atoms with E-state index in [9.17, 15) is 0 Å². The Kier molecular flexibility index (Phi) is 8.39. The maximum atomic E-state index is 6.32. The highest BCUT2D eigenvalue weighted by Gasteiger charge is 2.46. The Morgan fingerprint density at radius 2 is 0.855 bits per heavy atom. The van der Waals surface area contributed by atoms with Gasteiger partial charge in [-0.2, -0.15) is 0 Å². The van der Waals surface area contributed by atoms with Gasteiger partial charge in [-0.3, -0.25) is 0 Å². The van der Waals surface area contributed by atoms with Crippen molar-refractivity contribution in [3.63, 3.8) is 0 Å². The molecule has 1 aliphatic carbocycles. The molecule has 0 atom stereocenters. The fraction of sp³-hybridized carbons (Fsp3) is 0.0169.